The van der Waals surface area contributed by atoms with E-state index in [9.17, 15) is 40.2 Å². The Bertz CT molecular complexity index is 2680. The summed E-state index contributed by atoms with van der Waals surface area (Å²) in [5, 5.41) is 12.8. The minimum atomic E-state index is -2.33. The van der Waals surface area contributed by atoms with E-state index >= 15 is 0 Å². The quantitative estimate of drug-likeness (QED) is 0.0878. The van der Waals surface area contributed by atoms with Crippen molar-refractivity contribution in [2.75, 3.05) is 36.5 Å². The largest absolute Gasteiger partial charge is 0.493 e. The first kappa shape index (κ1) is 41.1. The van der Waals surface area contributed by atoms with E-state index in [1.165, 1.54) is 41.3 Å². The van der Waals surface area contributed by atoms with Gasteiger partial charge >= 0.3 is 0 Å². The van der Waals surface area contributed by atoms with Gasteiger partial charge in [0.1, 0.15) is 69.3 Å². The molecule has 9 rings (SSSR count). The van der Waals surface area contributed by atoms with Gasteiger partial charge in [-0.2, -0.15) is 0 Å². The molecule has 3 aliphatic rings. The van der Waals surface area contributed by atoms with Gasteiger partial charge in [-0.15, -0.1) is 9.24 Å². The molecule has 3 heterocycles. The Morgan fingerprint density at radius 2 is 1.11 bits per heavy atom. The van der Waals surface area contributed by atoms with Crippen molar-refractivity contribution in [2.45, 2.75) is 31.2 Å². The van der Waals surface area contributed by atoms with Gasteiger partial charge in [0.05, 0.1) is 25.4 Å². The Balaban J connectivity index is 1.02. The van der Waals surface area contributed by atoms with Crippen LogP contribution in [0.25, 0.3) is 0 Å². The van der Waals surface area contributed by atoms with Gasteiger partial charge in [0, 0.05) is 58.5 Å². The molecule has 2 unspecified atom stereocenters. The number of anilines is 2. The molecule has 6 aromatic carbocycles. The van der Waals surface area contributed by atoms with Crippen LogP contribution in [0.1, 0.15) is 33.7 Å². The minimum Gasteiger partial charge on any atom is -0.493 e. The second-order valence-corrected chi connectivity index (χ2v) is 15.6. The third-order valence-corrected chi connectivity index (χ3v) is 11.2. The molecule has 0 spiro atoms. The van der Waals surface area contributed by atoms with Crippen molar-refractivity contribution in [2.24, 2.45) is 0 Å². The molecule has 8 nitrogen and oxygen atoms in total. The van der Waals surface area contributed by atoms with Gasteiger partial charge < -0.3 is 38.6 Å². The van der Waals surface area contributed by atoms with E-state index in [0.29, 0.717) is 58.2 Å². The SMILES string of the molecule is OC(COc1ccc2c(c1)CN(c1c(F)cc(F)cc1P)CO2)(Oc1ccc2c(c1)C[C@H](c1c(F)cc(F)cc1F)CO2)c1ccc2c(c1)CN(c1c(F)cc(F)cc1F)CO2. The zero-order valence-corrected chi connectivity index (χ0v) is 33.3. The molecular formula is C45H33F8N2O6P. The Labute approximate surface area is 351 Å². The second kappa shape index (κ2) is 16.2. The molecule has 0 saturated heterocycles. The van der Waals surface area contributed by atoms with Gasteiger partial charge in [0.15, 0.2) is 31.7 Å². The highest BCUT2D eigenvalue weighted by atomic mass is 31.0. The number of nitrogens with zero attached hydrogens (tertiary/aromatic N) is 2. The van der Waals surface area contributed by atoms with Gasteiger partial charge in [-0.25, -0.2) is 35.1 Å². The standard InChI is InChI=1S/C45H33F8N2O6P/c46-28-11-33(49)42(34(50)12-28)26-7-23-9-32(3-6-38(23)57-19-26)61-45(56,27-1-4-39-24(8-27)17-54(21-59-39)43-35(51)13-29(47)14-36(43)52)20-58-31-2-5-40-25(10-31)18-55(22-60-40)44-37(53)15-30(48)16-41(44)62/h1-6,8-16,26,56H,7,17-22,62H2/t26-,45?/m0/s1. The molecule has 0 saturated carbocycles. The van der Waals surface area contributed by atoms with Gasteiger partial charge in [0.2, 0.25) is 0 Å². The van der Waals surface area contributed by atoms with E-state index in [4.69, 9.17) is 23.7 Å². The van der Waals surface area contributed by atoms with Crippen LogP contribution in [-0.2, 0) is 25.3 Å². The van der Waals surface area contributed by atoms with E-state index in [1.807, 2.05) is 0 Å². The number of aliphatic hydroxyl groups is 1. The van der Waals surface area contributed by atoms with Crippen LogP contribution in [-0.4, -0.2) is 31.8 Å². The van der Waals surface area contributed by atoms with E-state index in [1.54, 1.807) is 29.2 Å². The van der Waals surface area contributed by atoms with E-state index in [2.05, 4.69) is 9.24 Å². The highest BCUT2D eigenvalue weighted by molar-refractivity contribution is 7.28. The lowest BCUT2D eigenvalue weighted by atomic mass is 9.89. The highest BCUT2D eigenvalue weighted by Crippen LogP contribution is 2.41. The molecule has 0 fully saturated rings. The van der Waals surface area contributed by atoms with Crippen LogP contribution in [0.4, 0.5) is 46.5 Å². The summed E-state index contributed by atoms with van der Waals surface area (Å²) >= 11 is 0. The van der Waals surface area contributed by atoms with Crippen LogP contribution in [0.15, 0.2) is 91.0 Å². The predicted octanol–water partition coefficient (Wildman–Crippen LogP) is 9.03. The Morgan fingerprint density at radius 1 is 0.597 bits per heavy atom. The molecule has 0 amide bonds. The third kappa shape index (κ3) is 8.00. The monoisotopic (exact) mass is 880 g/mol. The van der Waals surface area contributed by atoms with Crippen molar-refractivity contribution >= 4 is 25.9 Å². The van der Waals surface area contributed by atoms with Crippen LogP contribution >= 0.6 is 9.24 Å². The molecule has 3 aliphatic heterocycles. The Morgan fingerprint density at radius 3 is 1.76 bits per heavy atom. The zero-order valence-electron chi connectivity index (χ0n) is 32.2. The van der Waals surface area contributed by atoms with E-state index in [-0.39, 0.29) is 73.2 Å². The molecule has 0 radical (unpaired) electrons. The first-order chi connectivity index (χ1) is 29.7. The van der Waals surface area contributed by atoms with Crippen LogP contribution in [0.5, 0.6) is 28.7 Å². The maximum atomic E-state index is 14.9. The van der Waals surface area contributed by atoms with Gasteiger partial charge in [0.25, 0.3) is 5.79 Å². The van der Waals surface area contributed by atoms with Gasteiger partial charge in [-0.05, 0) is 78.0 Å². The number of rotatable bonds is 9. The fourth-order valence-electron chi connectivity index (χ4n) is 7.95. The average molecular weight is 881 g/mol. The van der Waals surface area contributed by atoms with Crippen molar-refractivity contribution < 1.29 is 63.9 Å². The average Bonchev–Trinajstić information content (AvgIpc) is 3.21. The molecular weight excluding hydrogens is 847 g/mol. The fraction of sp³-hybridized carbons (Fsp3) is 0.200. The first-order valence-electron chi connectivity index (χ1n) is 19.1. The minimum absolute atomic E-state index is 0.0228. The molecule has 0 bridgehead atoms. The van der Waals surface area contributed by atoms with E-state index < -0.39 is 70.5 Å². The zero-order chi connectivity index (χ0) is 43.4. The van der Waals surface area contributed by atoms with E-state index in [0.717, 1.165) is 6.07 Å². The predicted molar refractivity (Wildman–Crippen MR) is 213 cm³/mol. The molecule has 62 heavy (non-hydrogen) atoms. The number of halogens is 8. The molecule has 320 valence electrons. The number of benzene rings is 6. The second-order valence-electron chi connectivity index (χ2n) is 15.0. The summed E-state index contributed by atoms with van der Waals surface area (Å²) in [5.41, 5.74) is 0.801. The number of hydrogen-bond donors (Lipinski definition) is 1. The topological polar surface area (TPSA) is 72.9 Å². The molecule has 3 atom stereocenters. The lowest BCUT2D eigenvalue weighted by molar-refractivity contribution is -0.168. The van der Waals surface area contributed by atoms with Gasteiger partial charge in [-0.3, -0.25) is 0 Å². The molecule has 0 aliphatic carbocycles. The molecule has 17 heteroatoms. The van der Waals surface area contributed by atoms with Gasteiger partial charge in [-0.1, -0.05) is 0 Å². The van der Waals surface area contributed by atoms with Crippen molar-refractivity contribution in [1.82, 2.24) is 0 Å². The highest BCUT2D eigenvalue weighted by Gasteiger charge is 2.37. The Kier molecular flexibility index (Phi) is 10.8. The summed E-state index contributed by atoms with van der Waals surface area (Å²) in [6.45, 7) is -0.938. The third-order valence-electron chi connectivity index (χ3n) is 10.8. The van der Waals surface area contributed by atoms with Crippen LogP contribution in [0, 0.1) is 46.5 Å². The smallest absolute Gasteiger partial charge is 0.269 e. The molecule has 1 N–H and O–H groups in total. The number of hydrogen-bond acceptors (Lipinski definition) is 8. The number of fused-ring (bicyclic) bond motifs is 3. The summed E-state index contributed by atoms with van der Waals surface area (Å²) in [4.78, 5) is 2.80. The molecule has 6 aromatic rings. The lowest BCUT2D eigenvalue weighted by Crippen LogP contribution is -2.40. The number of ether oxygens (including phenoxy) is 5. The summed E-state index contributed by atoms with van der Waals surface area (Å²) < 4.78 is 146. The van der Waals surface area contributed by atoms with Crippen molar-refractivity contribution in [3.8, 4) is 28.7 Å². The maximum Gasteiger partial charge on any atom is 0.269 e. The van der Waals surface area contributed by atoms with Crippen molar-refractivity contribution in [3.05, 3.63) is 165 Å². The van der Waals surface area contributed by atoms with Crippen molar-refractivity contribution in [1.29, 1.82) is 0 Å². The normalized spacial score (nSPS) is 16.5. The summed E-state index contributed by atoms with van der Waals surface area (Å²) in [6.07, 6.45) is 0.0672. The maximum absolute atomic E-state index is 14.9. The summed E-state index contributed by atoms with van der Waals surface area (Å²) in [7, 11) is 2.31. The summed E-state index contributed by atoms with van der Waals surface area (Å²) in [5.74, 6) is -9.69. The fourth-order valence-corrected chi connectivity index (χ4v) is 8.43. The van der Waals surface area contributed by atoms with Crippen LogP contribution < -0.4 is 38.8 Å². The molecule has 0 aromatic heterocycles. The van der Waals surface area contributed by atoms with Crippen molar-refractivity contribution in [3.63, 3.8) is 0 Å². The van der Waals surface area contributed by atoms with Crippen LogP contribution in [0.3, 0.4) is 0 Å². The van der Waals surface area contributed by atoms with Crippen LogP contribution in [0.2, 0.25) is 0 Å². The lowest BCUT2D eigenvalue weighted by Gasteiger charge is -2.34. The Hall–Kier alpha value is -6.25. The summed E-state index contributed by atoms with van der Waals surface area (Å²) in [6, 6.07) is 18.2. The first-order valence-corrected chi connectivity index (χ1v) is 19.6.